The highest BCUT2D eigenvalue weighted by Crippen LogP contribution is 2.32. The summed E-state index contributed by atoms with van der Waals surface area (Å²) in [5.41, 5.74) is 0.868. The molecule has 2 amide bonds. The molecule has 2 saturated heterocycles. The number of hydrogen-bond acceptors (Lipinski definition) is 5. The Hall–Kier alpha value is -1.42. The van der Waals surface area contributed by atoms with Crippen molar-refractivity contribution in [1.29, 1.82) is 0 Å². The third-order valence-corrected chi connectivity index (χ3v) is 5.84. The largest absolute Gasteiger partial charge is 0.376 e. The minimum Gasteiger partial charge on any atom is -0.376 e. The number of nitrogens with one attached hydrogen (secondary N) is 2. The van der Waals surface area contributed by atoms with E-state index in [9.17, 15) is 9.59 Å². The van der Waals surface area contributed by atoms with E-state index in [4.69, 9.17) is 17.0 Å². The third kappa shape index (κ3) is 5.78. The van der Waals surface area contributed by atoms with Crippen LogP contribution in [0.5, 0.6) is 0 Å². The fourth-order valence-corrected chi connectivity index (χ4v) is 4.26. The van der Waals surface area contributed by atoms with Gasteiger partial charge in [0.05, 0.1) is 11.0 Å². The van der Waals surface area contributed by atoms with E-state index in [2.05, 4.69) is 26.6 Å². The van der Waals surface area contributed by atoms with Crippen molar-refractivity contribution in [2.75, 3.05) is 26.2 Å². The van der Waals surface area contributed by atoms with Crippen LogP contribution < -0.4 is 10.6 Å². The van der Waals surface area contributed by atoms with Gasteiger partial charge in [0.15, 0.2) is 5.11 Å². The van der Waals surface area contributed by atoms with Crippen LogP contribution in [0.2, 0.25) is 0 Å². The molecule has 0 spiro atoms. The molecule has 1 aromatic carbocycles. The van der Waals surface area contributed by atoms with Crippen LogP contribution >= 0.6 is 39.9 Å². The molecular weight excluding hydrogens is 450 g/mol. The molecule has 1 unspecified atom stereocenters. The summed E-state index contributed by atoms with van der Waals surface area (Å²) < 4.78 is 6.45. The molecule has 1 aromatic rings. The van der Waals surface area contributed by atoms with Crippen molar-refractivity contribution >= 4 is 62.2 Å². The van der Waals surface area contributed by atoms with Gasteiger partial charge in [0.25, 0.3) is 11.1 Å². The minimum absolute atomic E-state index is 0.202. The van der Waals surface area contributed by atoms with Gasteiger partial charge >= 0.3 is 0 Å². The van der Waals surface area contributed by atoms with Gasteiger partial charge in [0.2, 0.25) is 0 Å². The van der Waals surface area contributed by atoms with Crippen molar-refractivity contribution in [3.63, 3.8) is 0 Å². The van der Waals surface area contributed by atoms with Gasteiger partial charge in [-0.05, 0) is 60.6 Å². The molecule has 0 bridgehead atoms. The summed E-state index contributed by atoms with van der Waals surface area (Å²) in [6.07, 6.45) is 4.06. The number of rotatable bonds is 6. The molecule has 6 nitrogen and oxygen atoms in total. The lowest BCUT2D eigenvalue weighted by Crippen LogP contribution is -2.43. The smallest absolute Gasteiger partial charge is 0.293 e. The number of amides is 2. The van der Waals surface area contributed by atoms with Crippen LogP contribution in [0.4, 0.5) is 4.79 Å². The molecular formula is C18H20BrN3O3S2. The lowest BCUT2D eigenvalue weighted by atomic mass is 10.2. The van der Waals surface area contributed by atoms with Gasteiger partial charge in [-0.15, -0.1) is 0 Å². The number of carbonyl (C=O) groups is 2. The second kappa shape index (κ2) is 9.68. The Balaban J connectivity index is 1.46. The average Bonchev–Trinajstić information content (AvgIpc) is 3.24. The van der Waals surface area contributed by atoms with Gasteiger partial charge in [0.1, 0.15) is 0 Å². The van der Waals surface area contributed by atoms with E-state index in [1.165, 1.54) is 4.90 Å². The van der Waals surface area contributed by atoms with Crippen LogP contribution in [0.3, 0.4) is 0 Å². The van der Waals surface area contributed by atoms with E-state index < -0.39 is 0 Å². The van der Waals surface area contributed by atoms with E-state index in [1.807, 2.05) is 24.3 Å². The molecule has 9 heteroatoms. The van der Waals surface area contributed by atoms with Crippen LogP contribution in [0.1, 0.15) is 18.4 Å². The topological polar surface area (TPSA) is 70.7 Å². The van der Waals surface area contributed by atoms with Gasteiger partial charge in [-0.1, -0.05) is 28.1 Å². The van der Waals surface area contributed by atoms with Crippen molar-refractivity contribution in [3.05, 3.63) is 39.2 Å². The van der Waals surface area contributed by atoms with Crippen molar-refractivity contribution in [2.24, 2.45) is 0 Å². The molecule has 0 aromatic heterocycles. The number of carbonyl (C=O) groups excluding carboxylic acids is 2. The Morgan fingerprint density at radius 2 is 2.26 bits per heavy atom. The first-order valence-corrected chi connectivity index (χ1v) is 10.7. The predicted octanol–water partition coefficient (Wildman–Crippen LogP) is 3.13. The van der Waals surface area contributed by atoms with Crippen LogP contribution in [0.15, 0.2) is 33.6 Å². The number of benzene rings is 1. The third-order valence-electron chi connectivity index (χ3n) is 4.16. The summed E-state index contributed by atoms with van der Waals surface area (Å²) in [5.74, 6) is -0.273. The lowest BCUT2D eigenvalue weighted by molar-refractivity contribution is -0.122. The van der Waals surface area contributed by atoms with Gasteiger partial charge in [-0.3, -0.25) is 14.5 Å². The van der Waals surface area contributed by atoms with Crippen LogP contribution in [0.25, 0.3) is 6.08 Å². The van der Waals surface area contributed by atoms with Crippen LogP contribution in [0, 0.1) is 0 Å². The number of nitrogens with zero attached hydrogens (tertiary/aromatic N) is 1. The van der Waals surface area contributed by atoms with Crippen molar-refractivity contribution < 1.29 is 14.3 Å². The normalized spacial score (nSPS) is 21.1. The Morgan fingerprint density at radius 1 is 1.41 bits per heavy atom. The van der Waals surface area contributed by atoms with Gasteiger partial charge in [-0.2, -0.15) is 0 Å². The van der Waals surface area contributed by atoms with E-state index in [-0.39, 0.29) is 23.8 Å². The summed E-state index contributed by atoms with van der Waals surface area (Å²) in [5, 5.41) is 6.37. The Kier molecular flexibility index (Phi) is 7.28. The van der Waals surface area contributed by atoms with Crippen molar-refractivity contribution in [1.82, 2.24) is 15.5 Å². The summed E-state index contributed by atoms with van der Waals surface area (Å²) >= 11 is 9.58. The van der Waals surface area contributed by atoms with Gasteiger partial charge in [0, 0.05) is 30.7 Å². The Labute approximate surface area is 176 Å². The second-order valence-corrected chi connectivity index (χ2v) is 8.48. The average molecular weight is 470 g/mol. The molecule has 2 N–H and O–H groups in total. The molecule has 0 saturated carbocycles. The molecule has 144 valence electrons. The SMILES string of the molecule is O=C1SC(=Cc2cccc(Br)c2)C(=O)N1CCNC(=S)NCC1CCCO1. The molecule has 2 aliphatic heterocycles. The number of hydrogen-bond donors (Lipinski definition) is 2. The van der Waals surface area contributed by atoms with Crippen LogP contribution in [-0.4, -0.2) is 53.5 Å². The number of halogens is 1. The maximum absolute atomic E-state index is 12.5. The Morgan fingerprint density at radius 3 is 3.00 bits per heavy atom. The first-order chi connectivity index (χ1) is 13.0. The molecule has 1 atom stereocenters. The summed E-state index contributed by atoms with van der Waals surface area (Å²) in [7, 11) is 0. The van der Waals surface area contributed by atoms with Gasteiger partial charge in [-0.25, -0.2) is 0 Å². The van der Waals surface area contributed by atoms with E-state index in [1.54, 1.807) is 6.08 Å². The first-order valence-electron chi connectivity index (χ1n) is 8.67. The monoisotopic (exact) mass is 469 g/mol. The zero-order chi connectivity index (χ0) is 19.2. The molecule has 2 heterocycles. The predicted molar refractivity (Wildman–Crippen MR) is 114 cm³/mol. The van der Waals surface area contributed by atoms with E-state index in [0.29, 0.717) is 23.1 Å². The second-order valence-electron chi connectivity index (χ2n) is 6.16. The summed E-state index contributed by atoms with van der Waals surface area (Å²) in [6.45, 7) is 2.14. The van der Waals surface area contributed by atoms with Crippen LogP contribution in [-0.2, 0) is 9.53 Å². The van der Waals surface area contributed by atoms with Gasteiger partial charge < -0.3 is 15.4 Å². The summed E-state index contributed by atoms with van der Waals surface area (Å²) in [6, 6.07) is 7.57. The van der Waals surface area contributed by atoms with E-state index in [0.717, 1.165) is 41.2 Å². The standard InChI is InChI=1S/C18H20BrN3O3S2/c19-13-4-1-3-12(9-13)10-15-16(23)22(18(24)27-15)7-6-20-17(26)21-11-14-5-2-8-25-14/h1,3-4,9-10,14H,2,5-8,11H2,(H2,20,21,26). The number of imide groups is 1. The molecule has 0 aliphatic carbocycles. The molecule has 3 rings (SSSR count). The maximum atomic E-state index is 12.5. The van der Waals surface area contributed by atoms with Crippen molar-refractivity contribution in [2.45, 2.75) is 18.9 Å². The molecule has 0 radical (unpaired) electrons. The summed E-state index contributed by atoms with van der Waals surface area (Å²) in [4.78, 5) is 26.3. The highest BCUT2D eigenvalue weighted by Gasteiger charge is 2.34. The minimum atomic E-state index is -0.273. The number of ether oxygens (including phenoxy) is 1. The molecule has 2 fully saturated rings. The quantitative estimate of drug-likeness (QED) is 0.489. The van der Waals surface area contributed by atoms with E-state index >= 15 is 0 Å². The zero-order valence-electron chi connectivity index (χ0n) is 14.6. The Bertz CT molecular complexity index is 766. The first kappa shape index (κ1) is 20.3. The highest BCUT2D eigenvalue weighted by atomic mass is 79.9. The zero-order valence-corrected chi connectivity index (χ0v) is 17.8. The number of thioether (sulfide) groups is 1. The lowest BCUT2D eigenvalue weighted by Gasteiger charge is -2.16. The fraction of sp³-hybridized carbons (Fsp3) is 0.389. The highest BCUT2D eigenvalue weighted by molar-refractivity contribution is 9.10. The van der Waals surface area contributed by atoms with Crippen molar-refractivity contribution in [3.8, 4) is 0 Å². The molecule has 2 aliphatic rings. The fourth-order valence-electron chi connectivity index (χ4n) is 2.80. The molecule has 27 heavy (non-hydrogen) atoms. The maximum Gasteiger partial charge on any atom is 0.293 e. The number of thiocarbonyl (C=S) groups is 1.